The first-order valence-corrected chi connectivity index (χ1v) is 11.5. The fourth-order valence-corrected chi connectivity index (χ4v) is 4.35. The van der Waals surface area contributed by atoms with Crippen molar-refractivity contribution < 1.29 is 9.59 Å². The van der Waals surface area contributed by atoms with Gasteiger partial charge in [-0.05, 0) is 47.6 Å². The number of fused-ring (bicyclic) bond motifs is 1. The summed E-state index contributed by atoms with van der Waals surface area (Å²) in [6, 6.07) is 29.2. The highest BCUT2D eigenvalue weighted by atomic mass is 16.2. The smallest absolute Gasteiger partial charge is 0.282 e. The monoisotopic (exact) mass is 446 g/mol. The summed E-state index contributed by atoms with van der Waals surface area (Å²) >= 11 is 0. The van der Waals surface area contributed by atoms with Crippen LogP contribution in [0.5, 0.6) is 0 Å². The molecule has 1 N–H and O–H groups in total. The highest BCUT2D eigenvalue weighted by Gasteiger charge is 2.40. The summed E-state index contributed by atoms with van der Waals surface area (Å²) in [5.41, 5.74) is 5.04. The molecule has 0 unspecified atom stereocenters. The molecular formula is C30H26N2O2. The Morgan fingerprint density at radius 1 is 0.735 bits per heavy atom. The minimum atomic E-state index is -0.357. The number of hydrogen-bond acceptors (Lipinski definition) is 3. The minimum Gasteiger partial charge on any atom is -0.350 e. The van der Waals surface area contributed by atoms with E-state index in [0.29, 0.717) is 28.4 Å². The number of anilines is 2. The topological polar surface area (TPSA) is 49.4 Å². The summed E-state index contributed by atoms with van der Waals surface area (Å²) in [6.07, 6.45) is 0. The lowest BCUT2D eigenvalue weighted by atomic mass is 10.0. The first-order valence-electron chi connectivity index (χ1n) is 11.5. The van der Waals surface area contributed by atoms with Gasteiger partial charge in [0, 0.05) is 11.1 Å². The third-order valence-electron chi connectivity index (χ3n) is 6.28. The van der Waals surface area contributed by atoms with Gasteiger partial charge in [-0.1, -0.05) is 92.2 Å². The highest BCUT2D eigenvalue weighted by Crippen LogP contribution is 2.37. The fraction of sp³-hybridized carbons (Fsp3) is 0.133. The summed E-state index contributed by atoms with van der Waals surface area (Å²) < 4.78 is 0. The van der Waals surface area contributed by atoms with Gasteiger partial charge in [0.05, 0.1) is 11.3 Å². The summed E-state index contributed by atoms with van der Waals surface area (Å²) in [5.74, 6) is -0.274. The quantitative estimate of drug-likeness (QED) is 0.348. The van der Waals surface area contributed by atoms with Crippen molar-refractivity contribution in [3.8, 4) is 0 Å². The molecule has 4 aromatic carbocycles. The number of aryl methyl sites for hydroxylation is 1. The molecule has 2 amide bonds. The standard InChI is InChI=1S/C30H26N2O2/c1-19(2)21-15-17-24(18-16-21)31-28-27(23-13-11-20(3)12-14-23)29(33)32(30(28)34)26-10-6-8-22-7-4-5-9-25(22)26/h4-19,31H,1-3H3. The second kappa shape index (κ2) is 8.64. The fourth-order valence-electron chi connectivity index (χ4n) is 4.35. The average Bonchev–Trinajstić information content (AvgIpc) is 3.08. The lowest BCUT2D eigenvalue weighted by molar-refractivity contribution is -0.120. The molecular weight excluding hydrogens is 420 g/mol. The molecule has 1 aliphatic heterocycles. The number of imide groups is 1. The van der Waals surface area contributed by atoms with Gasteiger partial charge < -0.3 is 5.32 Å². The van der Waals surface area contributed by atoms with Gasteiger partial charge in [-0.3, -0.25) is 9.59 Å². The molecule has 1 aliphatic rings. The van der Waals surface area contributed by atoms with Crippen LogP contribution in [0.3, 0.4) is 0 Å². The Kier molecular flexibility index (Phi) is 5.50. The van der Waals surface area contributed by atoms with Crippen molar-refractivity contribution in [3.63, 3.8) is 0 Å². The van der Waals surface area contributed by atoms with E-state index < -0.39 is 0 Å². The molecule has 168 valence electrons. The molecule has 4 heteroatoms. The van der Waals surface area contributed by atoms with Crippen LogP contribution >= 0.6 is 0 Å². The molecule has 0 aliphatic carbocycles. The average molecular weight is 447 g/mol. The van der Waals surface area contributed by atoms with Crippen LogP contribution in [0.25, 0.3) is 16.3 Å². The summed E-state index contributed by atoms with van der Waals surface area (Å²) in [5, 5.41) is 5.10. The zero-order chi connectivity index (χ0) is 23.8. The van der Waals surface area contributed by atoms with Crippen molar-refractivity contribution in [2.75, 3.05) is 10.2 Å². The van der Waals surface area contributed by atoms with Crippen LogP contribution in [0.2, 0.25) is 0 Å². The third-order valence-corrected chi connectivity index (χ3v) is 6.28. The Labute approximate surface area is 199 Å². The Hall–Kier alpha value is -4.18. The van der Waals surface area contributed by atoms with Crippen LogP contribution in [-0.2, 0) is 9.59 Å². The van der Waals surface area contributed by atoms with Gasteiger partial charge in [-0.15, -0.1) is 0 Å². The summed E-state index contributed by atoms with van der Waals surface area (Å²) in [4.78, 5) is 28.9. The lowest BCUT2D eigenvalue weighted by Gasteiger charge is -2.18. The third kappa shape index (κ3) is 3.77. The Balaban J connectivity index is 1.62. The number of amides is 2. The van der Waals surface area contributed by atoms with Gasteiger partial charge in [0.25, 0.3) is 11.8 Å². The van der Waals surface area contributed by atoms with E-state index in [1.54, 1.807) is 0 Å². The highest BCUT2D eigenvalue weighted by molar-refractivity contribution is 6.47. The van der Waals surface area contributed by atoms with Crippen molar-refractivity contribution in [1.29, 1.82) is 0 Å². The summed E-state index contributed by atoms with van der Waals surface area (Å²) in [6.45, 7) is 6.28. The van der Waals surface area contributed by atoms with E-state index in [0.717, 1.165) is 22.0 Å². The molecule has 0 bridgehead atoms. The van der Waals surface area contributed by atoms with Crippen LogP contribution in [0.1, 0.15) is 36.5 Å². The van der Waals surface area contributed by atoms with Crippen molar-refractivity contribution in [1.82, 2.24) is 0 Å². The molecule has 0 atom stereocenters. The van der Waals surface area contributed by atoms with Crippen LogP contribution < -0.4 is 10.2 Å². The van der Waals surface area contributed by atoms with Gasteiger partial charge in [-0.2, -0.15) is 0 Å². The van der Waals surface area contributed by atoms with E-state index in [1.165, 1.54) is 10.5 Å². The second-order valence-corrected chi connectivity index (χ2v) is 8.96. The Morgan fingerprint density at radius 3 is 2.12 bits per heavy atom. The number of carbonyl (C=O) groups is 2. The van der Waals surface area contributed by atoms with Crippen molar-refractivity contribution in [3.05, 3.63) is 113 Å². The number of carbonyl (C=O) groups excluding carboxylic acids is 2. The van der Waals surface area contributed by atoms with Crippen LogP contribution in [0.15, 0.2) is 96.7 Å². The normalized spacial score (nSPS) is 13.9. The SMILES string of the molecule is Cc1ccc(C2=C(Nc3ccc(C(C)C)cc3)C(=O)N(c3cccc4ccccc34)C2=O)cc1. The number of nitrogens with one attached hydrogen (secondary N) is 1. The molecule has 0 saturated heterocycles. The largest absolute Gasteiger partial charge is 0.350 e. The van der Waals surface area contributed by atoms with E-state index in [-0.39, 0.29) is 11.8 Å². The maximum absolute atomic E-state index is 13.8. The zero-order valence-electron chi connectivity index (χ0n) is 19.5. The van der Waals surface area contributed by atoms with Crippen molar-refractivity contribution in [2.24, 2.45) is 0 Å². The first-order chi connectivity index (χ1) is 16.4. The molecule has 0 radical (unpaired) electrons. The maximum atomic E-state index is 13.8. The molecule has 0 aromatic heterocycles. The molecule has 5 rings (SSSR count). The van der Waals surface area contributed by atoms with Gasteiger partial charge >= 0.3 is 0 Å². The lowest BCUT2D eigenvalue weighted by Crippen LogP contribution is -2.32. The van der Waals surface area contributed by atoms with Gasteiger partial charge in [0.15, 0.2) is 0 Å². The van der Waals surface area contributed by atoms with E-state index in [4.69, 9.17) is 0 Å². The van der Waals surface area contributed by atoms with E-state index in [1.807, 2.05) is 97.9 Å². The molecule has 0 spiro atoms. The van der Waals surface area contributed by atoms with Crippen LogP contribution in [0.4, 0.5) is 11.4 Å². The molecule has 4 aromatic rings. The van der Waals surface area contributed by atoms with Crippen LogP contribution in [-0.4, -0.2) is 11.8 Å². The Morgan fingerprint density at radius 2 is 1.41 bits per heavy atom. The van der Waals surface area contributed by atoms with Crippen molar-refractivity contribution >= 4 is 39.5 Å². The summed E-state index contributed by atoms with van der Waals surface area (Å²) in [7, 11) is 0. The number of benzene rings is 4. The second-order valence-electron chi connectivity index (χ2n) is 8.96. The molecule has 4 nitrogen and oxygen atoms in total. The molecule has 0 saturated carbocycles. The van der Waals surface area contributed by atoms with Gasteiger partial charge in [-0.25, -0.2) is 4.90 Å². The predicted octanol–water partition coefficient (Wildman–Crippen LogP) is 6.67. The number of nitrogens with zero attached hydrogens (tertiary/aromatic N) is 1. The maximum Gasteiger partial charge on any atom is 0.282 e. The van der Waals surface area contributed by atoms with Crippen LogP contribution in [0, 0.1) is 6.92 Å². The van der Waals surface area contributed by atoms with Gasteiger partial charge in [0.2, 0.25) is 0 Å². The Bertz CT molecular complexity index is 1430. The van der Waals surface area contributed by atoms with E-state index in [9.17, 15) is 9.59 Å². The van der Waals surface area contributed by atoms with E-state index >= 15 is 0 Å². The molecule has 0 fully saturated rings. The van der Waals surface area contributed by atoms with Gasteiger partial charge in [0.1, 0.15) is 5.70 Å². The first kappa shape index (κ1) is 21.7. The molecule has 1 heterocycles. The molecule has 34 heavy (non-hydrogen) atoms. The number of hydrogen-bond donors (Lipinski definition) is 1. The predicted molar refractivity (Wildman–Crippen MR) is 139 cm³/mol. The van der Waals surface area contributed by atoms with Crippen molar-refractivity contribution in [2.45, 2.75) is 26.7 Å². The van der Waals surface area contributed by atoms with E-state index in [2.05, 4.69) is 19.2 Å². The zero-order valence-corrected chi connectivity index (χ0v) is 19.5. The number of rotatable bonds is 5. The minimum absolute atomic E-state index is 0.291.